The predicted octanol–water partition coefficient (Wildman–Crippen LogP) is 0.559. The van der Waals surface area contributed by atoms with Crippen LogP contribution in [0, 0.1) is 0 Å². The van der Waals surface area contributed by atoms with Gasteiger partial charge in [-0.3, -0.25) is 0 Å². The molecule has 1 aromatic carbocycles. The Morgan fingerprint density at radius 1 is 1.42 bits per heavy atom. The fraction of sp³-hybridized carbons (Fsp3) is 0.500. The minimum atomic E-state index is -3.38. The second-order valence-corrected chi connectivity index (χ2v) is 5.87. The van der Waals surface area contributed by atoms with Crippen LogP contribution in [0.15, 0.2) is 18.2 Å². The Morgan fingerprint density at radius 2 is 2.16 bits per heavy atom. The first-order valence-corrected chi connectivity index (χ1v) is 7.80. The third-order valence-electron chi connectivity index (χ3n) is 2.44. The molecule has 0 aliphatic rings. The van der Waals surface area contributed by atoms with Gasteiger partial charge in [-0.1, -0.05) is 6.07 Å². The van der Waals surface area contributed by atoms with E-state index >= 15 is 0 Å². The van der Waals surface area contributed by atoms with E-state index in [0.717, 1.165) is 5.56 Å². The van der Waals surface area contributed by atoms with Gasteiger partial charge in [0.15, 0.2) is 11.5 Å². The van der Waals surface area contributed by atoms with E-state index in [1.54, 1.807) is 18.2 Å². The number of aromatic hydroxyl groups is 1. The first-order valence-electron chi connectivity index (χ1n) is 6.08. The average molecular weight is 288 g/mol. The van der Waals surface area contributed by atoms with Crippen molar-refractivity contribution in [3.05, 3.63) is 23.8 Å². The van der Waals surface area contributed by atoms with E-state index in [1.807, 2.05) is 6.92 Å². The molecular formula is C12H20N2O4S. The van der Waals surface area contributed by atoms with Gasteiger partial charge in [-0.2, -0.15) is 0 Å². The molecule has 0 bridgehead atoms. The zero-order valence-corrected chi connectivity index (χ0v) is 11.7. The number of sulfonamides is 1. The minimum absolute atomic E-state index is 0.0280. The van der Waals surface area contributed by atoms with Gasteiger partial charge in [0.25, 0.3) is 0 Å². The summed E-state index contributed by atoms with van der Waals surface area (Å²) in [6.07, 6.45) is 0.467. The van der Waals surface area contributed by atoms with Gasteiger partial charge in [0.1, 0.15) is 0 Å². The van der Waals surface area contributed by atoms with E-state index in [1.165, 1.54) is 0 Å². The fourth-order valence-corrected chi connectivity index (χ4v) is 2.12. The van der Waals surface area contributed by atoms with Gasteiger partial charge in [-0.25, -0.2) is 13.6 Å². The molecule has 7 heteroatoms. The van der Waals surface area contributed by atoms with Gasteiger partial charge < -0.3 is 15.2 Å². The Kier molecular flexibility index (Phi) is 6.07. The summed E-state index contributed by atoms with van der Waals surface area (Å²) in [6.45, 7) is 3.46. The summed E-state index contributed by atoms with van der Waals surface area (Å²) in [5, 5.41) is 17.5. The quantitative estimate of drug-likeness (QED) is 0.607. The van der Waals surface area contributed by atoms with Crippen LogP contribution in [0.3, 0.4) is 0 Å². The second-order valence-electron chi connectivity index (χ2n) is 4.13. The molecule has 0 aliphatic heterocycles. The molecule has 0 aliphatic carbocycles. The van der Waals surface area contributed by atoms with Crippen molar-refractivity contribution < 1.29 is 18.3 Å². The third-order valence-corrected chi connectivity index (χ3v) is 3.29. The van der Waals surface area contributed by atoms with Gasteiger partial charge in [0.05, 0.1) is 12.4 Å². The number of nitrogens with one attached hydrogen (secondary N) is 1. The van der Waals surface area contributed by atoms with Gasteiger partial charge in [-0.15, -0.1) is 0 Å². The first-order chi connectivity index (χ1) is 8.92. The number of primary sulfonamides is 1. The van der Waals surface area contributed by atoms with Crippen LogP contribution < -0.4 is 15.2 Å². The first kappa shape index (κ1) is 15.7. The molecule has 0 unspecified atom stereocenters. The lowest BCUT2D eigenvalue weighted by Crippen LogP contribution is -2.22. The molecule has 0 aromatic heterocycles. The Labute approximate surface area is 113 Å². The van der Waals surface area contributed by atoms with E-state index in [2.05, 4.69) is 5.32 Å². The van der Waals surface area contributed by atoms with Crippen LogP contribution in [0.1, 0.15) is 18.9 Å². The predicted molar refractivity (Wildman–Crippen MR) is 73.6 cm³/mol. The molecule has 0 atom stereocenters. The molecular weight excluding hydrogens is 268 g/mol. The SMILES string of the molecule is CCOc1cc(CNCCCS(N)(=O)=O)ccc1O. The Bertz CT molecular complexity index is 502. The highest BCUT2D eigenvalue weighted by atomic mass is 32.2. The molecule has 1 rings (SSSR count). The van der Waals surface area contributed by atoms with E-state index in [0.29, 0.717) is 31.9 Å². The molecule has 1 aromatic rings. The van der Waals surface area contributed by atoms with Crippen molar-refractivity contribution in [2.75, 3.05) is 18.9 Å². The van der Waals surface area contributed by atoms with Crippen LogP contribution in [-0.4, -0.2) is 32.4 Å². The Morgan fingerprint density at radius 3 is 2.79 bits per heavy atom. The van der Waals surface area contributed by atoms with Crippen molar-refractivity contribution in [2.24, 2.45) is 5.14 Å². The molecule has 6 nitrogen and oxygen atoms in total. The van der Waals surface area contributed by atoms with Crippen LogP contribution in [0.4, 0.5) is 0 Å². The molecule has 19 heavy (non-hydrogen) atoms. The number of hydrogen-bond acceptors (Lipinski definition) is 5. The third kappa shape index (κ3) is 6.42. The standard InChI is InChI=1S/C12H20N2O4S/c1-2-18-12-8-10(4-5-11(12)15)9-14-6-3-7-19(13,16)17/h4-5,8,14-15H,2-3,6-7,9H2,1H3,(H2,13,16,17). The summed E-state index contributed by atoms with van der Waals surface area (Å²) in [5.41, 5.74) is 0.955. The van der Waals surface area contributed by atoms with Crippen molar-refractivity contribution in [1.29, 1.82) is 0 Å². The maximum absolute atomic E-state index is 10.7. The monoisotopic (exact) mass is 288 g/mol. The zero-order chi connectivity index (χ0) is 14.3. The highest BCUT2D eigenvalue weighted by Gasteiger charge is 2.04. The van der Waals surface area contributed by atoms with Gasteiger partial charge in [-0.05, 0) is 37.6 Å². The summed E-state index contributed by atoms with van der Waals surface area (Å²) in [4.78, 5) is 0. The van der Waals surface area contributed by atoms with Crippen molar-refractivity contribution in [3.63, 3.8) is 0 Å². The number of benzene rings is 1. The van der Waals surface area contributed by atoms with Crippen LogP contribution >= 0.6 is 0 Å². The van der Waals surface area contributed by atoms with E-state index in [4.69, 9.17) is 9.88 Å². The van der Waals surface area contributed by atoms with Crippen LogP contribution in [0.25, 0.3) is 0 Å². The van der Waals surface area contributed by atoms with Crippen LogP contribution in [0.5, 0.6) is 11.5 Å². The van der Waals surface area contributed by atoms with Crippen LogP contribution in [-0.2, 0) is 16.6 Å². The van der Waals surface area contributed by atoms with Crippen molar-refractivity contribution in [3.8, 4) is 11.5 Å². The summed E-state index contributed by atoms with van der Waals surface area (Å²) < 4.78 is 26.7. The number of nitrogens with two attached hydrogens (primary N) is 1. The molecule has 0 fully saturated rings. The lowest BCUT2D eigenvalue weighted by molar-refractivity contribution is 0.317. The van der Waals surface area contributed by atoms with Crippen LogP contribution in [0.2, 0.25) is 0 Å². The number of rotatable bonds is 8. The summed E-state index contributed by atoms with van der Waals surface area (Å²) in [6, 6.07) is 5.11. The van der Waals surface area contributed by atoms with E-state index < -0.39 is 10.0 Å². The number of phenolic OH excluding ortho intramolecular Hbond substituents is 1. The highest BCUT2D eigenvalue weighted by Crippen LogP contribution is 2.26. The lowest BCUT2D eigenvalue weighted by atomic mass is 10.2. The summed E-state index contributed by atoms with van der Waals surface area (Å²) >= 11 is 0. The molecule has 108 valence electrons. The highest BCUT2D eigenvalue weighted by molar-refractivity contribution is 7.89. The second kappa shape index (κ2) is 7.32. The number of phenols is 1. The number of hydrogen-bond donors (Lipinski definition) is 3. The molecule has 0 amide bonds. The Balaban J connectivity index is 2.39. The van der Waals surface area contributed by atoms with Gasteiger partial charge in [0, 0.05) is 6.54 Å². The topological polar surface area (TPSA) is 102 Å². The average Bonchev–Trinajstić information content (AvgIpc) is 2.31. The molecule has 0 radical (unpaired) electrons. The lowest BCUT2D eigenvalue weighted by Gasteiger charge is -2.09. The maximum atomic E-state index is 10.7. The van der Waals surface area contributed by atoms with Gasteiger partial charge >= 0.3 is 0 Å². The van der Waals surface area contributed by atoms with E-state index in [-0.39, 0.29) is 11.5 Å². The normalized spacial score (nSPS) is 11.5. The molecule has 0 saturated heterocycles. The van der Waals surface area contributed by atoms with Crippen molar-refractivity contribution in [2.45, 2.75) is 19.9 Å². The zero-order valence-electron chi connectivity index (χ0n) is 10.9. The molecule has 0 saturated carbocycles. The maximum Gasteiger partial charge on any atom is 0.209 e. The van der Waals surface area contributed by atoms with Crippen molar-refractivity contribution in [1.82, 2.24) is 5.32 Å². The number of ether oxygens (including phenoxy) is 1. The van der Waals surface area contributed by atoms with Crippen molar-refractivity contribution >= 4 is 10.0 Å². The van der Waals surface area contributed by atoms with Gasteiger partial charge in [0.2, 0.25) is 10.0 Å². The minimum Gasteiger partial charge on any atom is -0.504 e. The summed E-state index contributed by atoms with van der Waals surface area (Å²) in [7, 11) is -3.38. The smallest absolute Gasteiger partial charge is 0.209 e. The molecule has 0 spiro atoms. The Hall–Kier alpha value is -1.31. The largest absolute Gasteiger partial charge is 0.504 e. The summed E-state index contributed by atoms with van der Waals surface area (Å²) in [5.74, 6) is 0.533. The molecule has 4 N–H and O–H groups in total. The molecule has 0 heterocycles. The van der Waals surface area contributed by atoms with E-state index in [9.17, 15) is 13.5 Å². The fourth-order valence-electron chi connectivity index (χ4n) is 1.57.